The number of benzene rings is 1. The molecular formula is C11H10FN3O. The molecule has 0 atom stereocenters. The second kappa shape index (κ2) is 4.22. The first-order chi connectivity index (χ1) is 7.74. The number of hydrogen-bond acceptors (Lipinski definition) is 3. The number of carbonyl (C=O) groups is 1. The molecule has 0 saturated heterocycles. The number of carbonyl (C=O) groups excluding carboxylic acids is 1. The summed E-state index contributed by atoms with van der Waals surface area (Å²) in [4.78, 5) is 12.8. The fraction of sp³-hybridized carbons (Fsp3) is 0.182. The van der Waals surface area contributed by atoms with Gasteiger partial charge in [-0.05, 0) is 12.1 Å². The number of nitrogens with zero attached hydrogens (tertiary/aromatic N) is 3. The molecule has 0 unspecified atom stereocenters. The lowest BCUT2D eigenvalue weighted by Gasteiger charge is -2.07. The third-order valence-electron chi connectivity index (χ3n) is 2.23. The molecule has 1 aromatic carbocycles. The average Bonchev–Trinajstić information content (AvgIpc) is 2.81. The smallest absolute Gasteiger partial charge is 0.164 e. The van der Waals surface area contributed by atoms with Gasteiger partial charge in [0.15, 0.2) is 11.6 Å². The summed E-state index contributed by atoms with van der Waals surface area (Å²) in [6.07, 6.45) is 3.19. The van der Waals surface area contributed by atoms with E-state index in [1.807, 2.05) is 0 Å². The third kappa shape index (κ3) is 1.71. The Bertz CT molecular complexity index is 508. The molecule has 2 aromatic rings. The summed E-state index contributed by atoms with van der Waals surface area (Å²) < 4.78 is 13.7. The molecule has 0 aliphatic heterocycles. The van der Waals surface area contributed by atoms with E-state index < -0.39 is 5.82 Å². The summed E-state index contributed by atoms with van der Waals surface area (Å²) in [6, 6.07) is 4.37. The minimum absolute atomic E-state index is 0.111. The topological polar surface area (TPSA) is 47.8 Å². The van der Waals surface area contributed by atoms with Gasteiger partial charge in [-0.15, -0.1) is 4.80 Å². The fourth-order valence-corrected chi connectivity index (χ4v) is 1.47. The molecule has 0 fully saturated rings. The van der Waals surface area contributed by atoms with Gasteiger partial charge in [-0.3, -0.25) is 4.79 Å². The van der Waals surface area contributed by atoms with Gasteiger partial charge in [0.2, 0.25) is 0 Å². The fourth-order valence-electron chi connectivity index (χ4n) is 1.47. The SMILES string of the molecule is CCC(=O)c1cccc(F)c1-n1nccn1. The van der Waals surface area contributed by atoms with E-state index >= 15 is 0 Å². The summed E-state index contributed by atoms with van der Waals surface area (Å²) in [6.45, 7) is 1.73. The predicted octanol–water partition coefficient (Wildman–Crippen LogP) is 2.00. The largest absolute Gasteiger partial charge is 0.294 e. The Labute approximate surface area is 91.7 Å². The van der Waals surface area contributed by atoms with Crippen LogP contribution < -0.4 is 0 Å². The van der Waals surface area contributed by atoms with Crippen LogP contribution in [-0.2, 0) is 0 Å². The Morgan fingerprint density at radius 2 is 2.06 bits per heavy atom. The molecule has 0 saturated carbocycles. The summed E-state index contributed by atoms with van der Waals surface area (Å²) in [5.74, 6) is -0.637. The van der Waals surface area contributed by atoms with E-state index in [2.05, 4.69) is 10.2 Å². The van der Waals surface area contributed by atoms with Gasteiger partial charge in [-0.25, -0.2) is 4.39 Å². The van der Waals surface area contributed by atoms with E-state index in [0.717, 1.165) is 4.80 Å². The van der Waals surface area contributed by atoms with Crippen LogP contribution in [0.4, 0.5) is 4.39 Å². The molecule has 16 heavy (non-hydrogen) atoms. The molecule has 2 rings (SSSR count). The van der Waals surface area contributed by atoms with Gasteiger partial charge in [0, 0.05) is 12.0 Å². The monoisotopic (exact) mass is 219 g/mol. The van der Waals surface area contributed by atoms with Gasteiger partial charge in [0.25, 0.3) is 0 Å². The molecule has 0 N–H and O–H groups in total. The number of aromatic nitrogens is 3. The molecule has 0 aliphatic rings. The first-order valence-corrected chi connectivity index (χ1v) is 4.92. The van der Waals surface area contributed by atoms with E-state index in [0.29, 0.717) is 12.0 Å². The molecule has 1 aromatic heterocycles. The van der Waals surface area contributed by atoms with Crippen LogP contribution in [0.25, 0.3) is 5.69 Å². The van der Waals surface area contributed by atoms with Crippen molar-refractivity contribution in [3.63, 3.8) is 0 Å². The molecule has 82 valence electrons. The van der Waals surface area contributed by atoms with Crippen LogP contribution in [-0.4, -0.2) is 20.8 Å². The van der Waals surface area contributed by atoms with Crippen LogP contribution >= 0.6 is 0 Å². The second-order valence-corrected chi connectivity index (χ2v) is 3.23. The van der Waals surface area contributed by atoms with Gasteiger partial charge in [0.1, 0.15) is 5.69 Å². The number of hydrogen-bond donors (Lipinski definition) is 0. The van der Waals surface area contributed by atoms with Crippen LogP contribution in [0.1, 0.15) is 23.7 Å². The molecule has 0 aliphatic carbocycles. The lowest BCUT2D eigenvalue weighted by atomic mass is 10.1. The summed E-state index contributed by atoms with van der Waals surface area (Å²) in [5.41, 5.74) is 0.415. The van der Waals surface area contributed by atoms with Crippen LogP contribution in [0.2, 0.25) is 0 Å². The summed E-state index contributed by atoms with van der Waals surface area (Å²) >= 11 is 0. The van der Waals surface area contributed by atoms with Gasteiger partial charge in [-0.2, -0.15) is 10.2 Å². The molecule has 4 nitrogen and oxygen atoms in total. The number of para-hydroxylation sites is 1. The normalized spacial score (nSPS) is 10.4. The Balaban J connectivity index is 2.62. The minimum Gasteiger partial charge on any atom is -0.294 e. The van der Waals surface area contributed by atoms with Crippen molar-refractivity contribution in [3.8, 4) is 5.69 Å². The maximum Gasteiger partial charge on any atom is 0.164 e. The quantitative estimate of drug-likeness (QED) is 0.742. The van der Waals surface area contributed by atoms with Crippen LogP contribution in [0, 0.1) is 5.82 Å². The van der Waals surface area contributed by atoms with Crippen molar-refractivity contribution in [2.45, 2.75) is 13.3 Å². The van der Waals surface area contributed by atoms with E-state index in [9.17, 15) is 9.18 Å². The van der Waals surface area contributed by atoms with Crippen molar-refractivity contribution in [2.24, 2.45) is 0 Å². The maximum absolute atomic E-state index is 13.7. The van der Waals surface area contributed by atoms with Crippen molar-refractivity contribution in [1.82, 2.24) is 15.0 Å². The molecule has 0 bridgehead atoms. The van der Waals surface area contributed by atoms with Crippen LogP contribution in [0.5, 0.6) is 0 Å². The van der Waals surface area contributed by atoms with E-state index in [1.165, 1.54) is 24.5 Å². The highest BCUT2D eigenvalue weighted by Gasteiger charge is 2.16. The number of rotatable bonds is 3. The highest BCUT2D eigenvalue weighted by Crippen LogP contribution is 2.18. The molecule has 5 heteroatoms. The lowest BCUT2D eigenvalue weighted by Crippen LogP contribution is -2.10. The first kappa shape index (κ1) is 10.5. The minimum atomic E-state index is -0.504. The van der Waals surface area contributed by atoms with Gasteiger partial charge in [-0.1, -0.05) is 13.0 Å². The van der Waals surface area contributed by atoms with Crippen molar-refractivity contribution in [3.05, 3.63) is 42.0 Å². The maximum atomic E-state index is 13.7. The average molecular weight is 219 g/mol. The third-order valence-corrected chi connectivity index (χ3v) is 2.23. The molecular weight excluding hydrogens is 209 g/mol. The first-order valence-electron chi connectivity index (χ1n) is 4.92. The van der Waals surface area contributed by atoms with E-state index in [1.54, 1.807) is 13.0 Å². The predicted molar refractivity (Wildman–Crippen MR) is 55.9 cm³/mol. The van der Waals surface area contributed by atoms with Crippen molar-refractivity contribution in [2.75, 3.05) is 0 Å². The number of ketones is 1. The zero-order valence-electron chi connectivity index (χ0n) is 8.72. The molecule has 0 spiro atoms. The van der Waals surface area contributed by atoms with Crippen molar-refractivity contribution in [1.29, 1.82) is 0 Å². The Kier molecular flexibility index (Phi) is 2.76. The molecule has 0 radical (unpaired) electrons. The van der Waals surface area contributed by atoms with Crippen LogP contribution in [0.15, 0.2) is 30.6 Å². The number of halogens is 1. The Hall–Kier alpha value is -2.04. The molecule has 0 amide bonds. The lowest BCUT2D eigenvalue weighted by molar-refractivity contribution is 0.0987. The molecule has 1 heterocycles. The second-order valence-electron chi connectivity index (χ2n) is 3.23. The van der Waals surface area contributed by atoms with Crippen molar-refractivity contribution < 1.29 is 9.18 Å². The zero-order chi connectivity index (χ0) is 11.5. The van der Waals surface area contributed by atoms with E-state index in [-0.39, 0.29) is 11.5 Å². The van der Waals surface area contributed by atoms with Gasteiger partial charge in [0.05, 0.1) is 12.4 Å². The highest BCUT2D eigenvalue weighted by molar-refractivity contribution is 5.99. The van der Waals surface area contributed by atoms with Crippen molar-refractivity contribution >= 4 is 5.78 Å². The Morgan fingerprint density at radius 1 is 1.38 bits per heavy atom. The van der Waals surface area contributed by atoms with E-state index in [4.69, 9.17) is 0 Å². The van der Waals surface area contributed by atoms with Gasteiger partial charge >= 0.3 is 0 Å². The zero-order valence-corrected chi connectivity index (χ0v) is 8.72. The standard InChI is InChI=1S/C11H10FN3O/c1-2-10(16)8-4-3-5-9(12)11(8)15-13-6-7-14-15/h3-7H,2H2,1H3. The Morgan fingerprint density at radius 3 is 2.69 bits per heavy atom. The summed E-state index contributed by atoms with van der Waals surface area (Å²) in [7, 11) is 0. The highest BCUT2D eigenvalue weighted by atomic mass is 19.1. The van der Waals surface area contributed by atoms with Gasteiger partial charge < -0.3 is 0 Å². The van der Waals surface area contributed by atoms with Crippen LogP contribution in [0.3, 0.4) is 0 Å². The number of Topliss-reactive ketones (excluding diaryl/α,β-unsaturated/α-hetero) is 1. The summed E-state index contributed by atoms with van der Waals surface area (Å²) in [5, 5.41) is 7.68.